The van der Waals surface area contributed by atoms with Crippen LogP contribution in [0.1, 0.15) is 11.1 Å². The van der Waals surface area contributed by atoms with Crippen molar-refractivity contribution in [2.45, 2.75) is 12.7 Å². The third-order valence-corrected chi connectivity index (χ3v) is 3.66. The first-order chi connectivity index (χ1) is 13.6. The van der Waals surface area contributed by atoms with Gasteiger partial charge in [0.05, 0.1) is 11.1 Å². The number of aromatic nitrogens is 1. The average molecular weight is 429 g/mol. The van der Waals surface area contributed by atoms with Crippen molar-refractivity contribution in [3.8, 4) is 11.8 Å². The number of ether oxygens (including phenoxy) is 1. The fourth-order valence-corrected chi connectivity index (χ4v) is 2.30. The minimum absolute atomic E-state index is 0.154. The molecule has 1 heterocycles. The highest BCUT2D eigenvalue weighted by Gasteiger charge is 2.32. The molecule has 2 amide bonds. The van der Waals surface area contributed by atoms with Gasteiger partial charge in [-0.1, -0.05) is 23.7 Å². The smallest absolute Gasteiger partial charge is 0.417 e. The molecule has 0 saturated carbocycles. The largest absolute Gasteiger partial charge is 0.482 e. The van der Waals surface area contributed by atoms with Gasteiger partial charge in [0.1, 0.15) is 23.4 Å². The standard InChI is InChI=1S/C17H12ClF3N4O4/c18-12-5-11(17(19,20)21)7-25(16(12)28)8-14(26)23-24-15(27)9-29-13-4-2-1-3-10(13)6-22/h1-5,7H,8-9H2,(H,23,26)(H,24,27). The van der Waals surface area contributed by atoms with E-state index in [1.165, 1.54) is 12.1 Å². The molecule has 2 rings (SSSR count). The fraction of sp³-hybridized carbons (Fsp3) is 0.176. The molecular formula is C17H12ClF3N4O4. The van der Waals surface area contributed by atoms with Crippen LogP contribution in [0.15, 0.2) is 41.3 Å². The molecule has 0 atom stereocenters. The highest BCUT2D eigenvalue weighted by atomic mass is 35.5. The van der Waals surface area contributed by atoms with Gasteiger partial charge in [-0.15, -0.1) is 0 Å². The number of carbonyl (C=O) groups is 2. The van der Waals surface area contributed by atoms with Gasteiger partial charge in [-0.2, -0.15) is 18.4 Å². The van der Waals surface area contributed by atoms with E-state index in [1.807, 2.05) is 16.9 Å². The Morgan fingerprint density at radius 3 is 2.52 bits per heavy atom. The topological polar surface area (TPSA) is 113 Å². The Balaban J connectivity index is 1.93. The number of halogens is 4. The van der Waals surface area contributed by atoms with Crippen molar-refractivity contribution in [3.05, 3.63) is 63.0 Å². The molecule has 0 unspecified atom stereocenters. The Hall–Kier alpha value is -3.52. The number of hydrazine groups is 1. The second kappa shape index (κ2) is 9.11. The first-order valence-electron chi connectivity index (χ1n) is 7.78. The molecule has 1 aromatic carbocycles. The minimum atomic E-state index is -4.76. The van der Waals surface area contributed by atoms with Gasteiger partial charge in [-0.05, 0) is 18.2 Å². The molecule has 0 aliphatic heterocycles. The van der Waals surface area contributed by atoms with Gasteiger partial charge in [-0.3, -0.25) is 25.2 Å². The predicted octanol–water partition coefficient (Wildman–Crippen LogP) is 1.62. The second-order valence-electron chi connectivity index (χ2n) is 5.50. The van der Waals surface area contributed by atoms with Crippen molar-refractivity contribution in [2.75, 3.05) is 6.61 Å². The molecule has 0 bridgehead atoms. The van der Waals surface area contributed by atoms with Crippen molar-refractivity contribution in [1.29, 1.82) is 5.26 Å². The maximum absolute atomic E-state index is 12.8. The lowest BCUT2D eigenvalue weighted by atomic mass is 10.2. The van der Waals surface area contributed by atoms with Crippen LogP contribution in [0.4, 0.5) is 13.2 Å². The van der Waals surface area contributed by atoms with Gasteiger partial charge in [-0.25, -0.2) is 0 Å². The zero-order valence-corrected chi connectivity index (χ0v) is 15.2. The van der Waals surface area contributed by atoms with E-state index in [0.29, 0.717) is 16.8 Å². The Morgan fingerprint density at radius 2 is 1.86 bits per heavy atom. The monoisotopic (exact) mass is 428 g/mol. The summed E-state index contributed by atoms with van der Waals surface area (Å²) in [5, 5.41) is 8.21. The summed E-state index contributed by atoms with van der Waals surface area (Å²) >= 11 is 5.49. The van der Waals surface area contributed by atoms with Gasteiger partial charge < -0.3 is 9.30 Å². The van der Waals surface area contributed by atoms with Crippen LogP contribution >= 0.6 is 11.6 Å². The van der Waals surface area contributed by atoms with E-state index < -0.39 is 47.3 Å². The van der Waals surface area contributed by atoms with Crippen molar-refractivity contribution in [3.63, 3.8) is 0 Å². The van der Waals surface area contributed by atoms with Crippen molar-refractivity contribution >= 4 is 23.4 Å². The van der Waals surface area contributed by atoms with Gasteiger partial charge >= 0.3 is 6.18 Å². The molecule has 2 aromatic rings. The Morgan fingerprint density at radius 1 is 1.21 bits per heavy atom. The number of alkyl halides is 3. The Labute approximate surface area is 166 Å². The quantitative estimate of drug-likeness (QED) is 0.703. The number of hydrogen-bond acceptors (Lipinski definition) is 5. The number of benzene rings is 1. The lowest BCUT2D eigenvalue weighted by molar-refractivity contribution is -0.138. The lowest BCUT2D eigenvalue weighted by Crippen LogP contribution is -2.46. The number of rotatable bonds is 5. The van der Waals surface area contributed by atoms with E-state index in [4.69, 9.17) is 21.6 Å². The molecule has 8 nitrogen and oxygen atoms in total. The number of nitriles is 1. The zero-order chi connectivity index (χ0) is 21.6. The average Bonchev–Trinajstić information content (AvgIpc) is 2.67. The summed E-state index contributed by atoms with van der Waals surface area (Å²) in [4.78, 5) is 35.3. The van der Waals surface area contributed by atoms with Crippen molar-refractivity contribution in [1.82, 2.24) is 15.4 Å². The summed E-state index contributed by atoms with van der Waals surface area (Å²) in [6.07, 6.45) is -4.32. The van der Waals surface area contributed by atoms with Crippen LogP contribution in [-0.4, -0.2) is 23.0 Å². The van der Waals surface area contributed by atoms with Crippen LogP contribution in [0, 0.1) is 11.3 Å². The van der Waals surface area contributed by atoms with Crippen molar-refractivity contribution in [2.24, 2.45) is 0 Å². The van der Waals surface area contributed by atoms with E-state index in [9.17, 15) is 27.6 Å². The molecule has 152 valence electrons. The summed E-state index contributed by atoms with van der Waals surface area (Å²) in [6, 6.07) is 8.47. The molecule has 29 heavy (non-hydrogen) atoms. The van der Waals surface area contributed by atoms with Gasteiger partial charge in [0.2, 0.25) is 0 Å². The third-order valence-electron chi connectivity index (χ3n) is 3.39. The summed E-state index contributed by atoms with van der Waals surface area (Å²) < 4.78 is 44.0. The van der Waals surface area contributed by atoms with Gasteiger partial charge in [0, 0.05) is 6.20 Å². The van der Waals surface area contributed by atoms with Crippen LogP contribution in [0.3, 0.4) is 0 Å². The summed E-state index contributed by atoms with van der Waals surface area (Å²) in [6.45, 7) is -1.37. The number of hydrogen-bond donors (Lipinski definition) is 2. The van der Waals surface area contributed by atoms with E-state index in [-0.39, 0.29) is 11.3 Å². The summed E-state index contributed by atoms with van der Waals surface area (Å²) in [7, 11) is 0. The van der Waals surface area contributed by atoms with E-state index in [2.05, 4.69) is 0 Å². The maximum Gasteiger partial charge on any atom is 0.417 e. The SMILES string of the molecule is N#Cc1ccccc1OCC(=O)NNC(=O)Cn1cc(C(F)(F)F)cc(Cl)c1=O. The predicted molar refractivity (Wildman–Crippen MR) is 93.7 cm³/mol. The van der Waals surface area contributed by atoms with Crippen LogP contribution in [0.5, 0.6) is 5.75 Å². The normalized spacial score (nSPS) is 10.7. The number of carbonyl (C=O) groups excluding carboxylic acids is 2. The van der Waals surface area contributed by atoms with E-state index in [1.54, 1.807) is 12.1 Å². The highest BCUT2D eigenvalue weighted by Crippen LogP contribution is 2.29. The lowest BCUT2D eigenvalue weighted by Gasteiger charge is -2.12. The van der Waals surface area contributed by atoms with Gasteiger partial charge in [0.15, 0.2) is 6.61 Å². The van der Waals surface area contributed by atoms with E-state index >= 15 is 0 Å². The molecular weight excluding hydrogens is 417 g/mol. The molecule has 1 aromatic heterocycles. The first-order valence-corrected chi connectivity index (χ1v) is 8.16. The number of para-hydroxylation sites is 1. The van der Waals surface area contributed by atoms with E-state index in [0.717, 1.165) is 0 Å². The van der Waals surface area contributed by atoms with Crippen LogP contribution in [-0.2, 0) is 22.3 Å². The second-order valence-corrected chi connectivity index (χ2v) is 5.91. The zero-order valence-electron chi connectivity index (χ0n) is 14.4. The number of nitrogens with zero attached hydrogens (tertiary/aromatic N) is 2. The molecule has 0 aliphatic carbocycles. The van der Waals surface area contributed by atoms with Crippen molar-refractivity contribution < 1.29 is 27.5 Å². The fourth-order valence-electron chi connectivity index (χ4n) is 2.07. The number of nitrogens with one attached hydrogen (secondary N) is 2. The third kappa shape index (κ3) is 5.98. The molecule has 0 spiro atoms. The molecule has 2 N–H and O–H groups in total. The van der Waals surface area contributed by atoms with Gasteiger partial charge in [0.25, 0.3) is 17.4 Å². The number of pyridine rings is 1. The van der Waals surface area contributed by atoms with Crippen LogP contribution < -0.4 is 21.1 Å². The molecule has 0 fully saturated rings. The van der Waals surface area contributed by atoms with Crippen LogP contribution in [0.25, 0.3) is 0 Å². The molecule has 0 radical (unpaired) electrons. The summed E-state index contributed by atoms with van der Waals surface area (Å²) in [5.41, 5.74) is 1.90. The molecule has 0 saturated heterocycles. The minimum Gasteiger partial charge on any atom is -0.482 e. The number of amides is 2. The summed E-state index contributed by atoms with van der Waals surface area (Å²) in [5.74, 6) is -1.63. The highest BCUT2D eigenvalue weighted by molar-refractivity contribution is 6.30. The molecule has 12 heteroatoms. The first kappa shape index (κ1) is 21.8. The Kier molecular flexibility index (Phi) is 6.84. The maximum atomic E-state index is 12.8. The van der Waals surface area contributed by atoms with Crippen LogP contribution in [0.2, 0.25) is 5.02 Å². The molecule has 0 aliphatic rings. The Bertz CT molecular complexity index is 1030.